The molecule has 3 aromatic rings. The summed E-state index contributed by atoms with van der Waals surface area (Å²) in [6, 6.07) is 13.2. The highest BCUT2D eigenvalue weighted by Crippen LogP contribution is 2.31. The number of benzene rings is 2. The van der Waals surface area contributed by atoms with E-state index in [9.17, 15) is 9.90 Å². The lowest BCUT2D eigenvalue weighted by atomic mass is 10.0. The van der Waals surface area contributed by atoms with Crippen LogP contribution in [0.3, 0.4) is 0 Å². The first kappa shape index (κ1) is 12.7. The fourth-order valence-corrected chi connectivity index (χ4v) is 2.44. The van der Waals surface area contributed by atoms with Crippen molar-refractivity contribution in [2.45, 2.75) is 19.6 Å². The molecule has 0 saturated heterocycles. The molecule has 0 aliphatic carbocycles. The molecule has 0 saturated carbocycles. The van der Waals surface area contributed by atoms with Gasteiger partial charge >= 0.3 is 0 Å². The molecule has 0 aliphatic heterocycles. The first-order chi connectivity index (χ1) is 9.47. The van der Waals surface area contributed by atoms with Crippen LogP contribution in [0.5, 0.6) is 0 Å². The number of carbonyl (C=O) groups excluding carboxylic acids is 1. The Morgan fingerprint density at radius 2 is 1.85 bits per heavy atom. The molecule has 3 rings (SSSR count). The minimum Gasteiger partial charge on any atom is -0.456 e. The molecule has 1 aromatic heterocycles. The highest BCUT2D eigenvalue weighted by molar-refractivity contribution is 6.04. The highest BCUT2D eigenvalue weighted by atomic mass is 16.3. The monoisotopic (exact) mass is 269 g/mol. The molecule has 0 spiro atoms. The number of fused-ring (bicyclic) bond motifs is 3. The third-order valence-corrected chi connectivity index (χ3v) is 3.36. The van der Waals surface area contributed by atoms with Crippen LogP contribution in [-0.2, 0) is 10.5 Å². The van der Waals surface area contributed by atoms with Crippen molar-refractivity contribution < 1.29 is 14.3 Å². The maximum absolute atomic E-state index is 11.1. The van der Waals surface area contributed by atoms with E-state index in [4.69, 9.17) is 4.42 Å². The Balaban J connectivity index is 2.15. The highest BCUT2D eigenvalue weighted by Gasteiger charge is 2.24. The lowest BCUT2D eigenvalue weighted by Gasteiger charge is -2.24. The second kappa shape index (κ2) is 4.35. The summed E-state index contributed by atoms with van der Waals surface area (Å²) in [4.78, 5) is 11.1. The van der Waals surface area contributed by atoms with Crippen LogP contribution in [0.1, 0.15) is 19.4 Å². The summed E-state index contributed by atoms with van der Waals surface area (Å²) < 4.78 is 5.77. The van der Waals surface area contributed by atoms with E-state index in [2.05, 4.69) is 5.32 Å². The minimum absolute atomic E-state index is 0.292. The molecule has 0 aliphatic rings. The Morgan fingerprint density at radius 3 is 2.60 bits per heavy atom. The fraction of sp³-hybridized carbons (Fsp3) is 0.188. The summed E-state index contributed by atoms with van der Waals surface area (Å²) in [7, 11) is 0. The van der Waals surface area contributed by atoms with E-state index < -0.39 is 5.72 Å². The Hall–Kier alpha value is -2.33. The molecule has 2 N–H and O–H groups in total. The van der Waals surface area contributed by atoms with Crippen LogP contribution in [-0.4, -0.2) is 11.0 Å². The molecule has 4 heteroatoms. The second-order valence-corrected chi connectivity index (χ2v) is 5.06. The van der Waals surface area contributed by atoms with Crippen molar-refractivity contribution in [3.63, 3.8) is 0 Å². The van der Waals surface area contributed by atoms with Crippen LogP contribution in [0.2, 0.25) is 0 Å². The SMILES string of the molecule is CC(=O)NC(C)(O)c1ccc2c(c1)oc1ccccc12. The Labute approximate surface area is 116 Å². The zero-order chi connectivity index (χ0) is 14.3. The third kappa shape index (κ3) is 2.04. The molecule has 102 valence electrons. The van der Waals surface area contributed by atoms with Gasteiger partial charge in [-0.2, -0.15) is 0 Å². The number of rotatable bonds is 2. The van der Waals surface area contributed by atoms with Gasteiger partial charge in [0.15, 0.2) is 5.72 Å². The molecule has 1 amide bonds. The smallest absolute Gasteiger partial charge is 0.219 e. The number of amides is 1. The van der Waals surface area contributed by atoms with E-state index in [1.165, 1.54) is 13.8 Å². The van der Waals surface area contributed by atoms with Crippen LogP contribution in [0, 0.1) is 0 Å². The Morgan fingerprint density at radius 1 is 1.15 bits per heavy atom. The number of hydrogen-bond donors (Lipinski definition) is 2. The van der Waals surface area contributed by atoms with Crippen LogP contribution in [0.4, 0.5) is 0 Å². The molecule has 4 nitrogen and oxygen atoms in total. The standard InChI is InChI=1S/C16H15NO3/c1-10(18)17-16(2,19)11-7-8-13-12-5-3-4-6-14(12)20-15(13)9-11/h3-9,19H,1-2H3,(H,17,18). The summed E-state index contributed by atoms with van der Waals surface area (Å²) in [6.45, 7) is 2.91. The van der Waals surface area contributed by atoms with Crippen LogP contribution < -0.4 is 5.32 Å². The predicted molar refractivity (Wildman–Crippen MR) is 77.1 cm³/mol. The van der Waals surface area contributed by atoms with Crippen molar-refractivity contribution in [2.24, 2.45) is 0 Å². The molecule has 0 bridgehead atoms. The molecular weight excluding hydrogens is 254 g/mol. The van der Waals surface area contributed by atoms with Gasteiger partial charge in [-0.25, -0.2) is 0 Å². The van der Waals surface area contributed by atoms with E-state index in [1.54, 1.807) is 12.1 Å². The summed E-state index contributed by atoms with van der Waals surface area (Å²) in [6.07, 6.45) is 0. The molecule has 0 fully saturated rings. The molecule has 1 atom stereocenters. The maximum atomic E-state index is 11.1. The fourth-order valence-electron chi connectivity index (χ4n) is 2.44. The van der Waals surface area contributed by atoms with Gasteiger partial charge in [0.05, 0.1) is 0 Å². The van der Waals surface area contributed by atoms with Crippen molar-refractivity contribution in [3.8, 4) is 0 Å². The lowest BCUT2D eigenvalue weighted by molar-refractivity contribution is -0.126. The third-order valence-electron chi connectivity index (χ3n) is 3.36. The average molecular weight is 269 g/mol. The molecule has 20 heavy (non-hydrogen) atoms. The van der Waals surface area contributed by atoms with E-state index in [-0.39, 0.29) is 5.91 Å². The summed E-state index contributed by atoms with van der Waals surface area (Å²) >= 11 is 0. The average Bonchev–Trinajstić information content (AvgIpc) is 2.74. The summed E-state index contributed by atoms with van der Waals surface area (Å²) in [5.41, 5.74) is 0.659. The first-order valence-corrected chi connectivity index (χ1v) is 6.40. The van der Waals surface area contributed by atoms with Crippen molar-refractivity contribution in [1.29, 1.82) is 0 Å². The maximum Gasteiger partial charge on any atom is 0.219 e. The van der Waals surface area contributed by atoms with Gasteiger partial charge in [0.25, 0.3) is 0 Å². The summed E-state index contributed by atoms with van der Waals surface area (Å²) in [5.74, 6) is -0.292. The van der Waals surface area contributed by atoms with Crippen molar-refractivity contribution in [1.82, 2.24) is 5.32 Å². The number of nitrogens with one attached hydrogen (secondary N) is 1. The number of furan rings is 1. The molecule has 0 radical (unpaired) electrons. The Bertz CT molecular complexity index is 802. The van der Waals surface area contributed by atoms with Crippen LogP contribution >= 0.6 is 0 Å². The van der Waals surface area contributed by atoms with Crippen LogP contribution in [0.15, 0.2) is 46.9 Å². The minimum atomic E-state index is -1.42. The van der Waals surface area contributed by atoms with Crippen molar-refractivity contribution >= 4 is 27.8 Å². The number of hydrogen-bond acceptors (Lipinski definition) is 3. The quantitative estimate of drug-likeness (QED) is 0.703. The van der Waals surface area contributed by atoms with Gasteiger partial charge in [-0.1, -0.05) is 30.3 Å². The van der Waals surface area contributed by atoms with E-state index in [0.717, 1.165) is 16.4 Å². The topological polar surface area (TPSA) is 62.5 Å². The number of carbonyl (C=O) groups is 1. The van der Waals surface area contributed by atoms with Gasteiger partial charge in [-0.3, -0.25) is 4.79 Å². The zero-order valence-corrected chi connectivity index (χ0v) is 11.3. The molecular formula is C16H15NO3. The van der Waals surface area contributed by atoms with Crippen molar-refractivity contribution in [2.75, 3.05) is 0 Å². The van der Waals surface area contributed by atoms with Gasteiger partial charge < -0.3 is 14.8 Å². The number of para-hydroxylation sites is 1. The van der Waals surface area contributed by atoms with Crippen molar-refractivity contribution in [3.05, 3.63) is 48.0 Å². The van der Waals surface area contributed by atoms with Gasteiger partial charge in [0.2, 0.25) is 5.91 Å². The number of aliphatic hydroxyl groups is 1. The second-order valence-electron chi connectivity index (χ2n) is 5.06. The van der Waals surface area contributed by atoms with Gasteiger partial charge in [-0.05, 0) is 19.1 Å². The zero-order valence-electron chi connectivity index (χ0n) is 11.3. The van der Waals surface area contributed by atoms with Crippen LogP contribution in [0.25, 0.3) is 21.9 Å². The van der Waals surface area contributed by atoms with E-state index in [1.807, 2.05) is 30.3 Å². The normalized spacial score (nSPS) is 14.3. The molecule has 1 heterocycles. The first-order valence-electron chi connectivity index (χ1n) is 6.40. The van der Waals surface area contributed by atoms with E-state index in [0.29, 0.717) is 11.1 Å². The summed E-state index contributed by atoms with van der Waals surface area (Å²) in [5, 5.41) is 14.9. The molecule has 2 aromatic carbocycles. The van der Waals surface area contributed by atoms with Gasteiger partial charge in [-0.15, -0.1) is 0 Å². The largest absolute Gasteiger partial charge is 0.456 e. The van der Waals surface area contributed by atoms with E-state index >= 15 is 0 Å². The molecule has 1 unspecified atom stereocenters. The lowest BCUT2D eigenvalue weighted by Crippen LogP contribution is -2.42. The van der Waals surface area contributed by atoms with Gasteiger partial charge in [0.1, 0.15) is 11.2 Å². The Kier molecular flexibility index (Phi) is 2.76. The van der Waals surface area contributed by atoms with Gasteiger partial charge in [0, 0.05) is 23.3 Å². The predicted octanol–water partition coefficient (Wildman–Crippen LogP) is 2.89.